The van der Waals surface area contributed by atoms with Gasteiger partial charge in [-0.2, -0.15) is 11.8 Å². The Morgan fingerprint density at radius 1 is 1.24 bits per heavy atom. The van der Waals surface area contributed by atoms with Crippen LogP contribution in [0.4, 0.5) is 0 Å². The van der Waals surface area contributed by atoms with Crippen LogP contribution in [0.15, 0.2) is 0 Å². The third-order valence-corrected chi connectivity index (χ3v) is 4.37. The second-order valence-electron chi connectivity index (χ2n) is 6.52. The summed E-state index contributed by atoms with van der Waals surface area (Å²) in [7, 11) is 0. The topological polar surface area (TPSA) is 24.5 Å². The van der Waals surface area contributed by atoms with Crippen LogP contribution < -0.4 is 5.32 Å². The average molecular weight is 258 g/mol. The molecule has 2 fully saturated rings. The predicted octanol–water partition coefficient (Wildman–Crippen LogP) is 1.58. The summed E-state index contributed by atoms with van der Waals surface area (Å²) in [5.74, 6) is 2.51. The van der Waals surface area contributed by atoms with E-state index in [-0.39, 0.29) is 11.2 Å². The monoisotopic (exact) mass is 258 g/mol. The molecule has 1 unspecified atom stereocenters. The van der Waals surface area contributed by atoms with Crippen molar-refractivity contribution in [2.45, 2.75) is 44.9 Å². The smallest absolute Gasteiger partial charge is 0.0760 e. The lowest BCUT2D eigenvalue weighted by Crippen LogP contribution is -2.59. The van der Waals surface area contributed by atoms with Gasteiger partial charge in [0.25, 0.3) is 0 Å². The summed E-state index contributed by atoms with van der Waals surface area (Å²) in [5, 5.41) is 3.62. The maximum absolute atomic E-state index is 6.11. The van der Waals surface area contributed by atoms with Crippen molar-refractivity contribution in [3.63, 3.8) is 0 Å². The molecule has 0 spiro atoms. The zero-order valence-corrected chi connectivity index (χ0v) is 12.4. The van der Waals surface area contributed by atoms with E-state index in [1.54, 1.807) is 0 Å². The highest BCUT2D eigenvalue weighted by molar-refractivity contribution is 7.99. The largest absolute Gasteiger partial charge is 0.367 e. The van der Waals surface area contributed by atoms with Gasteiger partial charge in [-0.05, 0) is 27.7 Å². The molecule has 1 N–H and O–H groups in total. The lowest BCUT2D eigenvalue weighted by Gasteiger charge is -2.48. The van der Waals surface area contributed by atoms with Gasteiger partial charge < -0.3 is 10.1 Å². The van der Waals surface area contributed by atoms with Crippen LogP contribution in [0.3, 0.4) is 0 Å². The molecule has 2 saturated heterocycles. The first-order chi connectivity index (χ1) is 7.86. The molecule has 17 heavy (non-hydrogen) atoms. The summed E-state index contributed by atoms with van der Waals surface area (Å²) >= 11 is 2.07. The van der Waals surface area contributed by atoms with Crippen LogP contribution >= 0.6 is 11.8 Å². The van der Waals surface area contributed by atoms with Crippen LogP contribution in [0, 0.1) is 0 Å². The number of nitrogens with one attached hydrogen (secondary N) is 1. The van der Waals surface area contributed by atoms with Gasteiger partial charge in [0.1, 0.15) is 0 Å². The lowest BCUT2D eigenvalue weighted by atomic mass is 9.98. The second kappa shape index (κ2) is 5.08. The minimum absolute atomic E-state index is 0.0242. The second-order valence-corrected chi connectivity index (χ2v) is 7.67. The summed E-state index contributed by atoms with van der Waals surface area (Å²) in [4.78, 5) is 2.56. The molecule has 3 nitrogen and oxygen atoms in total. The van der Waals surface area contributed by atoms with Gasteiger partial charge in [-0.3, -0.25) is 4.90 Å². The Hall–Kier alpha value is 0.230. The molecule has 0 aromatic rings. The molecule has 0 aromatic heterocycles. The first-order valence-corrected chi connectivity index (χ1v) is 7.75. The lowest BCUT2D eigenvalue weighted by molar-refractivity contribution is -0.181. The van der Waals surface area contributed by atoms with E-state index in [4.69, 9.17) is 4.74 Å². The van der Waals surface area contributed by atoms with Gasteiger partial charge in [-0.15, -0.1) is 0 Å². The van der Waals surface area contributed by atoms with E-state index in [0.29, 0.717) is 6.04 Å². The van der Waals surface area contributed by atoms with Crippen molar-refractivity contribution in [3.05, 3.63) is 0 Å². The molecule has 0 bridgehead atoms. The van der Waals surface area contributed by atoms with Gasteiger partial charge >= 0.3 is 0 Å². The normalized spacial score (nSPS) is 33.5. The molecule has 0 aromatic carbocycles. The van der Waals surface area contributed by atoms with E-state index in [1.165, 1.54) is 11.5 Å². The molecule has 0 radical (unpaired) electrons. The fourth-order valence-corrected chi connectivity index (χ4v) is 4.06. The van der Waals surface area contributed by atoms with E-state index >= 15 is 0 Å². The quantitative estimate of drug-likeness (QED) is 0.813. The molecule has 2 aliphatic rings. The molecule has 4 heteroatoms. The maximum atomic E-state index is 6.11. The first kappa shape index (κ1) is 13.7. The number of hydrogen-bond acceptors (Lipinski definition) is 4. The minimum atomic E-state index is -0.0242. The number of ether oxygens (including phenoxy) is 1. The van der Waals surface area contributed by atoms with Crippen molar-refractivity contribution in [2.24, 2.45) is 0 Å². The Labute approximate surface area is 110 Å². The van der Waals surface area contributed by atoms with Gasteiger partial charge in [-0.25, -0.2) is 0 Å². The first-order valence-electron chi connectivity index (χ1n) is 6.60. The Morgan fingerprint density at radius 2 is 1.88 bits per heavy atom. The number of thioether (sulfide) groups is 1. The number of rotatable bonds is 2. The summed E-state index contributed by atoms with van der Waals surface area (Å²) in [6.07, 6.45) is 0. The third kappa shape index (κ3) is 4.12. The summed E-state index contributed by atoms with van der Waals surface area (Å²) in [6.45, 7) is 13.2. The summed E-state index contributed by atoms with van der Waals surface area (Å²) in [5.41, 5.74) is -0.0485. The Kier molecular flexibility index (Phi) is 4.08. The minimum Gasteiger partial charge on any atom is -0.367 e. The molecule has 2 heterocycles. The molecule has 0 saturated carbocycles. The third-order valence-electron chi connectivity index (χ3n) is 3.24. The Balaban J connectivity index is 1.91. The molecule has 1 atom stereocenters. The van der Waals surface area contributed by atoms with Crippen molar-refractivity contribution in [2.75, 3.05) is 37.7 Å². The van der Waals surface area contributed by atoms with Crippen LogP contribution in [0.2, 0.25) is 0 Å². The average Bonchev–Trinajstić information content (AvgIpc) is 2.13. The molecule has 2 rings (SSSR count). The Morgan fingerprint density at radius 3 is 2.41 bits per heavy atom. The molecule has 100 valence electrons. The SMILES string of the molecule is CC1(C)CN(CC2CSCCN2)CC(C)(C)O1. The zero-order valence-electron chi connectivity index (χ0n) is 11.6. The van der Waals surface area contributed by atoms with Crippen molar-refractivity contribution < 1.29 is 4.74 Å². The van der Waals surface area contributed by atoms with Gasteiger partial charge in [0.15, 0.2) is 0 Å². The highest BCUT2D eigenvalue weighted by atomic mass is 32.2. The number of morpholine rings is 1. The predicted molar refractivity (Wildman–Crippen MR) is 74.8 cm³/mol. The maximum Gasteiger partial charge on any atom is 0.0760 e. The van der Waals surface area contributed by atoms with Crippen LogP contribution in [-0.2, 0) is 4.74 Å². The van der Waals surface area contributed by atoms with Gasteiger partial charge in [0.05, 0.1) is 11.2 Å². The van der Waals surface area contributed by atoms with E-state index in [1.807, 2.05) is 0 Å². The molecular formula is C13H26N2OS. The van der Waals surface area contributed by atoms with E-state index in [0.717, 1.165) is 26.2 Å². The van der Waals surface area contributed by atoms with Gasteiger partial charge in [0.2, 0.25) is 0 Å². The highest BCUT2D eigenvalue weighted by Gasteiger charge is 2.38. The van der Waals surface area contributed by atoms with Crippen molar-refractivity contribution >= 4 is 11.8 Å². The van der Waals surface area contributed by atoms with Crippen molar-refractivity contribution in [1.29, 1.82) is 0 Å². The van der Waals surface area contributed by atoms with Crippen molar-refractivity contribution in [3.8, 4) is 0 Å². The van der Waals surface area contributed by atoms with Crippen molar-refractivity contribution in [1.82, 2.24) is 10.2 Å². The zero-order chi connectivity index (χ0) is 12.5. The van der Waals surface area contributed by atoms with Crippen LogP contribution in [0.5, 0.6) is 0 Å². The molecule has 0 aliphatic carbocycles. The van der Waals surface area contributed by atoms with Crippen LogP contribution in [-0.4, -0.2) is 59.8 Å². The van der Waals surface area contributed by atoms with Crippen LogP contribution in [0.1, 0.15) is 27.7 Å². The van der Waals surface area contributed by atoms with E-state index in [9.17, 15) is 0 Å². The summed E-state index contributed by atoms with van der Waals surface area (Å²) in [6, 6.07) is 0.651. The fraction of sp³-hybridized carbons (Fsp3) is 1.00. The number of hydrogen-bond donors (Lipinski definition) is 1. The van der Waals surface area contributed by atoms with E-state index < -0.39 is 0 Å². The number of nitrogens with zero attached hydrogens (tertiary/aromatic N) is 1. The molecule has 0 amide bonds. The molecule has 2 aliphatic heterocycles. The fourth-order valence-electron chi connectivity index (χ4n) is 3.12. The standard InChI is InChI=1S/C13H26N2OS/c1-12(2)9-15(10-13(3,4)16-12)7-11-8-17-6-5-14-11/h11,14H,5-10H2,1-4H3. The van der Waals surface area contributed by atoms with Crippen LogP contribution in [0.25, 0.3) is 0 Å². The highest BCUT2D eigenvalue weighted by Crippen LogP contribution is 2.28. The van der Waals surface area contributed by atoms with Gasteiger partial charge in [-0.1, -0.05) is 0 Å². The Bertz CT molecular complexity index is 246. The van der Waals surface area contributed by atoms with E-state index in [2.05, 4.69) is 49.7 Å². The molecular weight excluding hydrogens is 232 g/mol. The summed E-state index contributed by atoms with van der Waals surface area (Å²) < 4.78 is 6.11. The van der Waals surface area contributed by atoms with Gasteiger partial charge in [0, 0.05) is 43.7 Å².